The van der Waals surface area contributed by atoms with Crippen molar-refractivity contribution in [1.29, 1.82) is 0 Å². The number of rotatable bonds is 4. The Hall–Kier alpha value is -2.81. The highest BCUT2D eigenvalue weighted by molar-refractivity contribution is 5.62. The average Bonchev–Trinajstić information content (AvgIpc) is 2.66. The molecule has 0 aliphatic carbocycles. The van der Waals surface area contributed by atoms with Crippen LogP contribution in [0.1, 0.15) is 25.0 Å². The minimum absolute atomic E-state index is 0.0392. The van der Waals surface area contributed by atoms with E-state index in [4.69, 9.17) is 14.6 Å². The number of carboxylic acids is 1. The first-order valence-corrected chi connectivity index (χ1v) is 9.10. The van der Waals surface area contributed by atoms with Crippen LogP contribution in [-0.2, 0) is 17.6 Å². The van der Waals surface area contributed by atoms with Gasteiger partial charge in [-0.15, -0.1) is 0 Å². The van der Waals surface area contributed by atoms with Crippen molar-refractivity contribution in [2.75, 3.05) is 24.5 Å². The van der Waals surface area contributed by atoms with Crippen molar-refractivity contribution in [3.63, 3.8) is 0 Å². The summed E-state index contributed by atoms with van der Waals surface area (Å²) in [6.45, 7) is 5.36. The summed E-state index contributed by atoms with van der Waals surface area (Å²) < 4.78 is 45.3. The van der Waals surface area contributed by atoms with E-state index >= 15 is 0 Å². The minimum Gasteiger partial charge on any atom is -0.481 e. The zero-order valence-electron chi connectivity index (χ0n) is 16.2. The molecule has 9 heteroatoms. The summed E-state index contributed by atoms with van der Waals surface area (Å²) in [6.07, 6.45) is -4.51. The number of piperazine rings is 1. The molecule has 0 amide bonds. The number of halogens is 3. The highest BCUT2D eigenvalue weighted by atomic mass is 19.4. The summed E-state index contributed by atoms with van der Waals surface area (Å²) >= 11 is 0. The molecule has 29 heavy (non-hydrogen) atoms. The third-order valence-corrected chi connectivity index (χ3v) is 4.16. The van der Waals surface area contributed by atoms with E-state index < -0.39 is 17.7 Å². The molecule has 3 rings (SSSR count). The second-order valence-electron chi connectivity index (χ2n) is 6.56. The molecule has 1 aliphatic heterocycles. The number of aromatic nitrogens is 1. The van der Waals surface area contributed by atoms with Gasteiger partial charge in [0.05, 0.1) is 0 Å². The van der Waals surface area contributed by atoms with E-state index in [0.717, 1.165) is 31.6 Å². The van der Waals surface area contributed by atoms with Crippen LogP contribution in [0, 0.1) is 0 Å². The van der Waals surface area contributed by atoms with Crippen molar-refractivity contribution >= 4 is 11.8 Å². The summed E-state index contributed by atoms with van der Waals surface area (Å²) in [5, 5.41) is 10.7. The largest absolute Gasteiger partial charge is 0.481 e. The van der Waals surface area contributed by atoms with E-state index in [9.17, 15) is 13.2 Å². The van der Waals surface area contributed by atoms with Gasteiger partial charge in [0.2, 0.25) is 5.88 Å². The molecule has 0 unspecified atom stereocenters. The first-order valence-electron chi connectivity index (χ1n) is 9.10. The van der Waals surface area contributed by atoms with Crippen molar-refractivity contribution in [2.24, 2.45) is 0 Å². The Labute approximate surface area is 167 Å². The number of carbonyl (C=O) groups is 1. The van der Waals surface area contributed by atoms with Crippen LogP contribution in [0.3, 0.4) is 0 Å². The third kappa shape index (κ3) is 6.94. The summed E-state index contributed by atoms with van der Waals surface area (Å²) in [7, 11) is 0. The first kappa shape index (κ1) is 22.5. The number of ether oxygens (including phenoxy) is 1. The number of hydrogen-bond acceptors (Lipinski definition) is 5. The number of benzene rings is 1. The summed E-state index contributed by atoms with van der Waals surface area (Å²) in [6, 6.07) is 11.7. The molecule has 0 saturated carbocycles. The zero-order chi connectivity index (χ0) is 21.4. The van der Waals surface area contributed by atoms with Gasteiger partial charge >= 0.3 is 6.18 Å². The van der Waals surface area contributed by atoms with Crippen molar-refractivity contribution in [3.8, 4) is 5.88 Å². The van der Waals surface area contributed by atoms with Gasteiger partial charge in [-0.1, -0.05) is 30.3 Å². The smallest absolute Gasteiger partial charge is 0.421 e. The Morgan fingerprint density at radius 2 is 1.93 bits per heavy atom. The van der Waals surface area contributed by atoms with Crippen LogP contribution in [0.15, 0.2) is 42.5 Å². The molecule has 2 heterocycles. The Balaban J connectivity index is 0.000000687. The molecular weight excluding hydrogens is 387 g/mol. The number of aliphatic carboxylic acids is 1. The second-order valence-corrected chi connectivity index (χ2v) is 6.56. The standard InChI is InChI=1S/C18H20F3N3O.C2H4O2/c1-13-11-22-9-10-24(13)16-8-7-15(18(19,20)21)17(23-16)25-12-14-5-3-2-4-6-14;1-2(3)4/h2-8,13,22H,9-12H2,1H3;1H3,(H,3,4)/t13-;/m0./s1. The Morgan fingerprint density at radius 1 is 1.28 bits per heavy atom. The highest BCUT2D eigenvalue weighted by Gasteiger charge is 2.36. The predicted molar refractivity (Wildman–Crippen MR) is 103 cm³/mol. The number of carboxylic acid groups (broad SMARTS) is 1. The minimum atomic E-state index is -4.51. The molecule has 1 saturated heterocycles. The van der Waals surface area contributed by atoms with Gasteiger partial charge in [-0.05, 0) is 24.6 Å². The number of pyridine rings is 1. The van der Waals surface area contributed by atoms with Crippen molar-refractivity contribution in [2.45, 2.75) is 32.7 Å². The van der Waals surface area contributed by atoms with Gasteiger partial charge in [-0.3, -0.25) is 4.79 Å². The lowest BCUT2D eigenvalue weighted by Crippen LogP contribution is -2.50. The van der Waals surface area contributed by atoms with Crippen molar-refractivity contribution in [1.82, 2.24) is 10.3 Å². The molecule has 0 bridgehead atoms. The van der Waals surface area contributed by atoms with Crippen molar-refractivity contribution in [3.05, 3.63) is 53.6 Å². The van der Waals surface area contributed by atoms with Crippen LogP contribution in [0.4, 0.5) is 19.0 Å². The molecule has 0 radical (unpaired) electrons. The van der Waals surface area contributed by atoms with Gasteiger partial charge in [0.25, 0.3) is 5.97 Å². The second kappa shape index (κ2) is 10.1. The highest BCUT2D eigenvalue weighted by Crippen LogP contribution is 2.37. The normalized spacial score (nSPS) is 16.6. The molecule has 1 aliphatic rings. The summed E-state index contributed by atoms with van der Waals surface area (Å²) in [5.74, 6) is -0.704. The molecule has 1 fully saturated rings. The molecule has 158 valence electrons. The number of hydrogen-bond donors (Lipinski definition) is 2. The molecule has 1 aromatic heterocycles. The van der Waals surface area contributed by atoms with E-state index in [1.165, 1.54) is 6.07 Å². The summed E-state index contributed by atoms with van der Waals surface area (Å²) in [4.78, 5) is 15.2. The molecule has 2 aromatic rings. The average molecular weight is 411 g/mol. The van der Waals surface area contributed by atoms with Gasteiger partial charge in [0, 0.05) is 32.6 Å². The van der Waals surface area contributed by atoms with Crippen LogP contribution in [0.25, 0.3) is 0 Å². The lowest BCUT2D eigenvalue weighted by Gasteiger charge is -2.35. The maximum atomic E-state index is 13.3. The first-order chi connectivity index (χ1) is 13.7. The van der Waals surface area contributed by atoms with Gasteiger partial charge < -0.3 is 20.1 Å². The van der Waals surface area contributed by atoms with Crippen LogP contribution in [0.2, 0.25) is 0 Å². The van der Waals surface area contributed by atoms with Crippen LogP contribution in [-0.4, -0.2) is 41.7 Å². The Kier molecular flexibility index (Phi) is 7.83. The van der Waals surface area contributed by atoms with Crippen molar-refractivity contribution < 1.29 is 27.8 Å². The molecule has 6 nitrogen and oxygen atoms in total. The SMILES string of the molecule is CC(=O)O.C[C@H]1CNCCN1c1ccc(C(F)(F)F)c(OCc2ccccc2)n1. The van der Waals surface area contributed by atoms with E-state index in [-0.39, 0.29) is 18.5 Å². The van der Waals surface area contributed by atoms with Gasteiger partial charge in [0.15, 0.2) is 0 Å². The lowest BCUT2D eigenvalue weighted by atomic mass is 10.2. The molecule has 1 aromatic carbocycles. The van der Waals surface area contributed by atoms with Gasteiger partial charge in [-0.25, -0.2) is 0 Å². The fourth-order valence-corrected chi connectivity index (χ4v) is 2.82. The third-order valence-electron chi connectivity index (χ3n) is 4.16. The van der Waals surface area contributed by atoms with E-state index in [1.807, 2.05) is 30.0 Å². The number of anilines is 1. The number of nitrogens with one attached hydrogen (secondary N) is 1. The molecule has 2 N–H and O–H groups in total. The maximum absolute atomic E-state index is 13.3. The number of alkyl halides is 3. The van der Waals surface area contributed by atoms with E-state index in [1.54, 1.807) is 12.1 Å². The molecule has 1 atom stereocenters. The maximum Gasteiger partial charge on any atom is 0.421 e. The Morgan fingerprint density at radius 3 is 2.52 bits per heavy atom. The lowest BCUT2D eigenvalue weighted by molar-refractivity contribution is -0.139. The molecular formula is C20H24F3N3O3. The fourth-order valence-electron chi connectivity index (χ4n) is 2.82. The fraction of sp³-hybridized carbons (Fsp3) is 0.400. The van der Waals surface area contributed by atoms with Crippen LogP contribution < -0.4 is 15.0 Å². The van der Waals surface area contributed by atoms with Gasteiger partial charge in [-0.2, -0.15) is 18.2 Å². The number of nitrogens with zero attached hydrogens (tertiary/aromatic N) is 2. The van der Waals surface area contributed by atoms with E-state index in [0.29, 0.717) is 12.4 Å². The summed E-state index contributed by atoms with van der Waals surface area (Å²) in [5.41, 5.74) is -0.0617. The van der Waals surface area contributed by atoms with E-state index in [2.05, 4.69) is 10.3 Å². The topological polar surface area (TPSA) is 74.7 Å². The molecule has 0 spiro atoms. The monoisotopic (exact) mass is 411 g/mol. The zero-order valence-corrected chi connectivity index (χ0v) is 16.2. The van der Waals surface area contributed by atoms with Crippen LogP contribution >= 0.6 is 0 Å². The van der Waals surface area contributed by atoms with Gasteiger partial charge in [0.1, 0.15) is 18.0 Å². The quantitative estimate of drug-likeness (QED) is 0.801. The Bertz CT molecular complexity index is 797. The predicted octanol–water partition coefficient (Wildman–Crippen LogP) is 3.57. The van der Waals surface area contributed by atoms with Crippen LogP contribution in [0.5, 0.6) is 5.88 Å².